The van der Waals surface area contributed by atoms with Crippen LogP contribution in [0.4, 0.5) is 10.1 Å². The lowest BCUT2D eigenvalue weighted by Gasteiger charge is -2.23. The average Bonchev–Trinajstić information content (AvgIpc) is 2.84. The van der Waals surface area contributed by atoms with Crippen molar-refractivity contribution in [2.75, 3.05) is 5.32 Å². The molecule has 0 bridgehead atoms. The fourth-order valence-electron chi connectivity index (χ4n) is 3.56. The summed E-state index contributed by atoms with van der Waals surface area (Å²) in [7, 11) is 0.628. The molecular formula is C21H27ClFN3O2S. The number of halogens is 2. The molecule has 0 radical (unpaired) electrons. The number of hydrogen-bond acceptors (Lipinski definition) is 2. The van der Waals surface area contributed by atoms with Gasteiger partial charge in [0.1, 0.15) is 11.5 Å². The third-order valence-corrected chi connectivity index (χ3v) is 6.96. The van der Waals surface area contributed by atoms with Crippen LogP contribution in [0.1, 0.15) is 67.7 Å². The van der Waals surface area contributed by atoms with Gasteiger partial charge in [0.25, 0.3) is 5.91 Å². The van der Waals surface area contributed by atoms with E-state index in [1.54, 1.807) is 0 Å². The van der Waals surface area contributed by atoms with E-state index in [4.69, 9.17) is 11.6 Å². The Morgan fingerprint density at radius 3 is 2.69 bits per heavy atom. The van der Waals surface area contributed by atoms with Crippen molar-refractivity contribution in [2.45, 2.75) is 57.2 Å². The Hall–Kier alpha value is -1.70. The maximum Gasteiger partial charge on any atom is 0.272 e. The van der Waals surface area contributed by atoms with Crippen LogP contribution in [0.3, 0.4) is 0 Å². The smallest absolute Gasteiger partial charge is 0.272 e. The summed E-state index contributed by atoms with van der Waals surface area (Å²) in [5.74, 6) is -0.799. The Morgan fingerprint density at radius 1 is 1.31 bits per heavy atom. The monoisotopic (exact) mass is 439 g/mol. The minimum atomic E-state index is -1.20. The minimum absolute atomic E-state index is 0.0394. The van der Waals surface area contributed by atoms with Crippen molar-refractivity contribution in [3.63, 3.8) is 0 Å². The van der Waals surface area contributed by atoms with Crippen LogP contribution in [0.2, 0.25) is 5.02 Å². The lowest BCUT2D eigenvalue weighted by Crippen LogP contribution is -2.35. The van der Waals surface area contributed by atoms with Gasteiger partial charge in [-0.25, -0.2) is 13.3 Å². The van der Waals surface area contributed by atoms with Crippen molar-refractivity contribution < 1.29 is 13.4 Å². The van der Waals surface area contributed by atoms with Gasteiger partial charge in [-0.2, -0.15) is 0 Å². The molecule has 2 aromatic rings. The molecule has 1 aliphatic rings. The molecule has 0 aliphatic heterocycles. The SMILES string of the molecule is Cn1cc2c(c1C(=O)Nc1ccc(F)c(Cl)c1)CCCCC2N[S@@](=O)C(C)(C)C. The fourth-order valence-corrected chi connectivity index (χ4v) is 4.60. The molecule has 1 amide bonds. The first-order valence-electron chi connectivity index (χ1n) is 9.70. The topological polar surface area (TPSA) is 63.1 Å². The third kappa shape index (κ3) is 4.90. The Labute approximate surface area is 178 Å². The summed E-state index contributed by atoms with van der Waals surface area (Å²) < 4.78 is 30.8. The number of carbonyl (C=O) groups is 1. The lowest BCUT2D eigenvalue weighted by atomic mass is 10.0. The van der Waals surface area contributed by atoms with Crippen molar-refractivity contribution in [1.29, 1.82) is 0 Å². The fraction of sp³-hybridized carbons (Fsp3) is 0.476. The van der Waals surface area contributed by atoms with Gasteiger partial charge in [0.2, 0.25) is 0 Å². The molecule has 8 heteroatoms. The van der Waals surface area contributed by atoms with Crippen LogP contribution in [-0.4, -0.2) is 19.4 Å². The molecular weight excluding hydrogens is 413 g/mol. The molecule has 3 rings (SSSR count). The summed E-state index contributed by atoms with van der Waals surface area (Å²) in [6.07, 6.45) is 5.55. The number of fused-ring (bicyclic) bond motifs is 1. The molecule has 158 valence electrons. The van der Waals surface area contributed by atoms with E-state index in [-0.39, 0.29) is 21.7 Å². The number of nitrogens with one attached hydrogen (secondary N) is 2. The van der Waals surface area contributed by atoms with Gasteiger partial charge in [0.05, 0.1) is 20.8 Å². The van der Waals surface area contributed by atoms with Gasteiger partial charge < -0.3 is 9.88 Å². The quantitative estimate of drug-likeness (QED) is 0.666. The second-order valence-electron chi connectivity index (χ2n) is 8.40. The Morgan fingerprint density at radius 2 is 2.03 bits per heavy atom. The van der Waals surface area contributed by atoms with E-state index in [0.717, 1.165) is 36.8 Å². The normalized spacial score (nSPS) is 18.1. The summed E-state index contributed by atoms with van der Waals surface area (Å²) in [4.78, 5) is 13.0. The van der Waals surface area contributed by atoms with Crippen molar-refractivity contribution in [2.24, 2.45) is 7.05 Å². The molecule has 0 fully saturated rings. The van der Waals surface area contributed by atoms with Gasteiger partial charge in [0, 0.05) is 25.0 Å². The van der Waals surface area contributed by atoms with Crippen LogP contribution < -0.4 is 10.0 Å². The van der Waals surface area contributed by atoms with E-state index in [1.165, 1.54) is 18.2 Å². The Bertz CT molecular complexity index is 952. The molecule has 1 aliphatic carbocycles. The van der Waals surface area contributed by atoms with E-state index in [1.807, 2.05) is 38.6 Å². The van der Waals surface area contributed by atoms with E-state index >= 15 is 0 Å². The lowest BCUT2D eigenvalue weighted by molar-refractivity contribution is 0.101. The maximum absolute atomic E-state index is 13.4. The highest BCUT2D eigenvalue weighted by Gasteiger charge is 2.30. The molecule has 1 unspecified atom stereocenters. The third-order valence-electron chi connectivity index (χ3n) is 5.06. The van der Waals surface area contributed by atoms with Gasteiger partial charge >= 0.3 is 0 Å². The van der Waals surface area contributed by atoms with Crippen molar-refractivity contribution in [3.8, 4) is 0 Å². The molecule has 2 atom stereocenters. The first-order valence-corrected chi connectivity index (χ1v) is 11.2. The maximum atomic E-state index is 13.4. The predicted molar refractivity (Wildman–Crippen MR) is 116 cm³/mol. The highest BCUT2D eigenvalue weighted by molar-refractivity contribution is 7.84. The van der Waals surface area contributed by atoms with Crippen LogP contribution >= 0.6 is 11.6 Å². The van der Waals surface area contributed by atoms with Crippen LogP contribution in [0, 0.1) is 5.82 Å². The summed E-state index contributed by atoms with van der Waals surface area (Å²) in [5, 5.41) is 2.77. The van der Waals surface area contributed by atoms with E-state index in [2.05, 4.69) is 10.0 Å². The Kier molecular flexibility index (Phi) is 6.51. The van der Waals surface area contributed by atoms with Crippen LogP contribution in [0.25, 0.3) is 0 Å². The number of rotatable bonds is 4. The second kappa shape index (κ2) is 8.58. The molecule has 2 N–H and O–H groups in total. The zero-order chi connectivity index (χ0) is 21.3. The predicted octanol–water partition coefficient (Wildman–Crippen LogP) is 4.89. The van der Waals surface area contributed by atoms with Gasteiger partial charge in [-0.05, 0) is 69.4 Å². The number of aromatic nitrogens is 1. The highest BCUT2D eigenvalue weighted by atomic mass is 35.5. The van der Waals surface area contributed by atoms with Crippen LogP contribution in [0.15, 0.2) is 24.4 Å². The van der Waals surface area contributed by atoms with Crippen molar-refractivity contribution in [3.05, 3.63) is 52.1 Å². The van der Waals surface area contributed by atoms with E-state index in [9.17, 15) is 13.4 Å². The van der Waals surface area contributed by atoms with Gasteiger partial charge in [0.15, 0.2) is 0 Å². The molecule has 0 spiro atoms. The molecule has 29 heavy (non-hydrogen) atoms. The molecule has 1 aromatic heterocycles. The summed E-state index contributed by atoms with van der Waals surface area (Å²) in [5.41, 5.74) is 2.99. The number of amides is 1. The first kappa shape index (κ1) is 22.0. The van der Waals surface area contributed by atoms with Crippen LogP contribution in [0.5, 0.6) is 0 Å². The minimum Gasteiger partial charge on any atom is -0.346 e. The number of carbonyl (C=O) groups excluding carboxylic acids is 1. The summed E-state index contributed by atoms with van der Waals surface area (Å²) >= 11 is 5.83. The Balaban J connectivity index is 1.90. The van der Waals surface area contributed by atoms with E-state index < -0.39 is 16.8 Å². The zero-order valence-electron chi connectivity index (χ0n) is 17.1. The number of hydrogen-bond donors (Lipinski definition) is 2. The molecule has 0 saturated carbocycles. The second-order valence-corrected chi connectivity index (χ2v) is 10.8. The van der Waals surface area contributed by atoms with Gasteiger partial charge in [-0.15, -0.1) is 0 Å². The van der Waals surface area contributed by atoms with E-state index in [0.29, 0.717) is 11.4 Å². The van der Waals surface area contributed by atoms with Crippen LogP contribution in [-0.2, 0) is 24.5 Å². The van der Waals surface area contributed by atoms with Crippen molar-refractivity contribution >= 4 is 34.2 Å². The largest absolute Gasteiger partial charge is 0.346 e. The number of benzene rings is 1. The number of nitrogens with zero attached hydrogens (tertiary/aromatic N) is 1. The van der Waals surface area contributed by atoms with Gasteiger partial charge in [-0.1, -0.05) is 18.0 Å². The average molecular weight is 440 g/mol. The number of anilines is 1. The molecule has 0 saturated heterocycles. The first-order chi connectivity index (χ1) is 13.6. The summed E-state index contributed by atoms with van der Waals surface area (Å²) in [6, 6.07) is 4.04. The zero-order valence-corrected chi connectivity index (χ0v) is 18.7. The van der Waals surface area contributed by atoms with Gasteiger partial charge in [-0.3, -0.25) is 4.79 Å². The molecule has 1 aromatic carbocycles. The van der Waals surface area contributed by atoms with Crippen molar-refractivity contribution in [1.82, 2.24) is 9.29 Å². The molecule has 5 nitrogen and oxygen atoms in total. The molecule has 1 heterocycles. The highest BCUT2D eigenvalue weighted by Crippen LogP contribution is 2.33. The summed E-state index contributed by atoms with van der Waals surface area (Å²) in [6.45, 7) is 5.81. The standard InChI is InChI=1S/C21H27ClFN3O2S/c1-21(2,3)29(28)25-18-8-6-5-7-14-15(18)12-26(4)19(14)20(27)24-13-9-10-17(23)16(22)11-13/h9-12,18,25H,5-8H2,1-4H3,(H,24,27)/t18?,29-/m0/s1. The number of aryl methyl sites for hydroxylation is 1.